The van der Waals surface area contributed by atoms with Crippen LogP contribution < -0.4 is 5.32 Å². The second kappa shape index (κ2) is 4.25. The van der Waals surface area contributed by atoms with Gasteiger partial charge in [-0.2, -0.15) is 5.10 Å². The lowest BCUT2D eigenvalue weighted by atomic mass is 10.1. The van der Waals surface area contributed by atoms with Crippen LogP contribution >= 0.6 is 0 Å². The summed E-state index contributed by atoms with van der Waals surface area (Å²) in [6.45, 7) is 13.1. The maximum absolute atomic E-state index is 4.35. The van der Waals surface area contributed by atoms with Gasteiger partial charge in [-0.05, 0) is 33.6 Å². The fourth-order valence-corrected chi connectivity index (χ4v) is 1.19. The average Bonchev–Trinajstić information content (AvgIpc) is 2.51. The third kappa shape index (κ3) is 3.26. The van der Waals surface area contributed by atoms with Crippen LogP contribution in [0.5, 0.6) is 0 Å². The van der Waals surface area contributed by atoms with Gasteiger partial charge in [-0.15, -0.1) is 0 Å². The van der Waals surface area contributed by atoms with E-state index in [0.29, 0.717) is 12.0 Å². The summed E-state index contributed by atoms with van der Waals surface area (Å²) in [7, 11) is 0. The van der Waals surface area contributed by atoms with Crippen molar-refractivity contribution in [1.29, 1.82) is 0 Å². The van der Waals surface area contributed by atoms with Gasteiger partial charge in [0, 0.05) is 12.2 Å². The average molecular weight is 209 g/mol. The number of hydrogen-bond acceptors (Lipinski definition) is 2. The van der Waals surface area contributed by atoms with Gasteiger partial charge < -0.3 is 5.32 Å². The molecule has 0 bridgehead atoms. The lowest BCUT2D eigenvalue weighted by Crippen LogP contribution is -2.23. The first kappa shape index (κ1) is 12.1. The van der Waals surface area contributed by atoms with Crippen LogP contribution in [0.3, 0.4) is 0 Å². The van der Waals surface area contributed by atoms with Crippen molar-refractivity contribution >= 4 is 5.69 Å². The van der Waals surface area contributed by atoms with Crippen molar-refractivity contribution in [2.24, 2.45) is 5.92 Å². The van der Waals surface area contributed by atoms with Gasteiger partial charge in [-0.3, -0.25) is 4.68 Å². The molecular weight excluding hydrogens is 186 g/mol. The molecule has 0 unspecified atom stereocenters. The summed E-state index contributed by atoms with van der Waals surface area (Å²) in [4.78, 5) is 0. The van der Waals surface area contributed by atoms with E-state index in [1.165, 1.54) is 0 Å². The lowest BCUT2D eigenvalue weighted by molar-refractivity contribution is 0.355. The molecule has 1 N–H and O–H groups in total. The Morgan fingerprint density at radius 2 is 1.87 bits per heavy atom. The Kier molecular flexibility index (Phi) is 3.42. The first-order valence-corrected chi connectivity index (χ1v) is 5.62. The Morgan fingerprint density at radius 3 is 2.27 bits per heavy atom. The molecule has 1 heterocycles. The van der Waals surface area contributed by atoms with E-state index in [2.05, 4.69) is 58.2 Å². The topological polar surface area (TPSA) is 29.9 Å². The van der Waals surface area contributed by atoms with Crippen molar-refractivity contribution in [1.82, 2.24) is 9.78 Å². The van der Waals surface area contributed by atoms with E-state index in [0.717, 1.165) is 5.69 Å². The molecule has 0 aliphatic rings. The minimum Gasteiger partial charge on any atom is -0.380 e. The van der Waals surface area contributed by atoms with E-state index in [-0.39, 0.29) is 5.54 Å². The quantitative estimate of drug-likeness (QED) is 0.829. The predicted octanol–water partition coefficient (Wildman–Crippen LogP) is 3.09. The van der Waals surface area contributed by atoms with Gasteiger partial charge in [-0.25, -0.2) is 0 Å². The van der Waals surface area contributed by atoms with E-state index in [9.17, 15) is 0 Å². The first-order chi connectivity index (χ1) is 6.80. The van der Waals surface area contributed by atoms with E-state index in [1.54, 1.807) is 0 Å². The molecule has 1 aromatic rings. The molecule has 0 aliphatic heterocycles. The molecule has 0 saturated heterocycles. The Bertz CT molecular complexity index is 307. The zero-order chi connectivity index (χ0) is 11.6. The third-order valence-corrected chi connectivity index (χ3v) is 2.66. The standard InChI is InChI=1S/C12H23N3/c1-9(2)10(3)14-11-7-13-15(8-11)12(4,5)6/h7-10,14H,1-6H3/t10-/m1/s1. The summed E-state index contributed by atoms with van der Waals surface area (Å²) in [5, 5.41) is 7.80. The van der Waals surface area contributed by atoms with E-state index in [4.69, 9.17) is 0 Å². The Hall–Kier alpha value is -0.990. The van der Waals surface area contributed by atoms with Gasteiger partial charge in [0.25, 0.3) is 0 Å². The van der Waals surface area contributed by atoms with Gasteiger partial charge >= 0.3 is 0 Å². The molecule has 0 radical (unpaired) electrons. The normalized spacial score (nSPS) is 14.3. The molecule has 0 fully saturated rings. The number of nitrogens with zero attached hydrogens (tertiary/aromatic N) is 2. The van der Waals surface area contributed by atoms with Gasteiger partial charge in [-0.1, -0.05) is 13.8 Å². The van der Waals surface area contributed by atoms with Crippen LogP contribution in [0, 0.1) is 5.92 Å². The predicted molar refractivity (Wildman–Crippen MR) is 65.1 cm³/mol. The van der Waals surface area contributed by atoms with Gasteiger partial charge in [0.1, 0.15) is 0 Å². The molecule has 3 nitrogen and oxygen atoms in total. The molecule has 86 valence electrons. The van der Waals surface area contributed by atoms with Crippen LogP contribution in [0.2, 0.25) is 0 Å². The van der Waals surface area contributed by atoms with Gasteiger partial charge in [0.15, 0.2) is 0 Å². The maximum atomic E-state index is 4.35. The molecule has 3 heteroatoms. The summed E-state index contributed by atoms with van der Waals surface area (Å²) in [6.07, 6.45) is 3.96. The third-order valence-electron chi connectivity index (χ3n) is 2.66. The zero-order valence-electron chi connectivity index (χ0n) is 10.7. The number of nitrogens with one attached hydrogen (secondary N) is 1. The number of rotatable bonds is 3. The number of hydrogen-bond donors (Lipinski definition) is 1. The first-order valence-electron chi connectivity index (χ1n) is 5.62. The number of anilines is 1. The largest absolute Gasteiger partial charge is 0.380 e. The molecule has 1 aromatic heterocycles. The molecule has 0 aliphatic carbocycles. The van der Waals surface area contributed by atoms with Crippen molar-refractivity contribution < 1.29 is 0 Å². The summed E-state index contributed by atoms with van der Waals surface area (Å²) >= 11 is 0. The van der Waals surface area contributed by atoms with Crippen LogP contribution in [0.25, 0.3) is 0 Å². The molecule has 1 atom stereocenters. The second-order valence-corrected chi connectivity index (χ2v) is 5.52. The highest BCUT2D eigenvalue weighted by Crippen LogP contribution is 2.17. The minimum atomic E-state index is 0.0565. The summed E-state index contributed by atoms with van der Waals surface area (Å²) in [6, 6.07) is 0.475. The van der Waals surface area contributed by atoms with E-state index < -0.39 is 0 Å². The fraction of sp³-hybridized carbons (Fsp3) is 0.750. The molecule has 0 amide bonds. The number of aromatic nitrogens is 2. The van der Waals surface area contributed by atoms with Crippen molar-refractivity contribution in [3.8, 4) is 0 Å². The monoisotopic (exact) mass is 209 g/mol. The maximum Gasteiger partial charge on any atom is 0.0728 e. The fourth-order valence-electron chi connectivity index (χ4n) is 1.19. The summed E-state index contributed by atoms with van der Waals surface area (Å²) in [5.74, 6) is 0.628. The van der Waals surface area contributed by atoms with E-state index >= 15 is 0 Å². The molecule has 0 saturated carbocycles. The van der Waals surface area contributed by atoms with E-state index in [1.807, 2.05) is 10.9 Å². The SMILES string of the molecule is CC(C)[C@@H](C)Nc1cnn(C(C)(C)C)c1. The summed E-state index contributed by atoms with van der Waals surface area (Å²) < 4.78 is 1.99. The molecule has 15 heavy (non-hydrogen) atoms. The molecular formula is C12H23N3. The van der Waals surface area contributed by atoms with Crippen LogP contribution in [0.4, 0.5) is 5.69 Å². The molecule has 0 aromatic carbocycles. The van der Waals surface area contributed by atoms with Crippen LogP contribution in [-0.2, 0) is 5.54 Å². The smallest absolute Gasteiger partial charge is 0.0728 e. The van der Waals surface area contributed by atoms with Crippen LogP contribution in [0.1, 0.15) is 41.5 Å². The second-order valence-electron chi connectivity index (χ2n) is 5.52. The van der Waals surface area contributed by atoms with Crippen molar-refractivity contribution in [2.75, 3.05) is 5.32 Å². The minimum absolute atomic E-state index is 0.0565. The van der Waals surface area contributed by atoms with Crippen molar-refractivity contribution in [3.05, 3.63) is 12.4 Å². The summed E-state index contributed by atoms with van der Waals surface area (Å²) in [5.41, 5.74) is 1.16. The van der Waals surface area contributed by atoms with Crippen molar-refractivity contribution in [2.45, 2.75) is 53.1 Å². The highest BCUT2D eigenvalue weighted by molar-refractivity contribution is 5.39. The van der Waals surface area contributed by atoms with Gasteiger partial charge in [0.05, 0.1) is 17.4 Å². The Morgan fingerprint density at radius 1 is 1.27 bits per heavy atom. The molecule has 0 spiro atoms. The van der Waals surface area contributed by atoms with Gasteiger partial charge in [0.2, 0.25) is 0 Å². The van der Waals surface area contributed by atoms with Crippen LogP contribution in [-0.4, -0.2) is 15.8 Å². The Balaban J connectivity index is 2.69. The highest BCUT2D eigenvalue weighted by atomic mass is 15.3. The zero-order valence-corrected chi connectivity index (χ0v) is 10.7. The van der Waals surface area contributed by atoms with Crippen LogP contribution in [0.15, 0.2) is 12.4 Å². The Labute approximate surface area is 92.9 Å². The highest BCUT2D eigenvalue weighted by Gasteiger charge is 2.15. The lowest BCUT2D eigenvalue weighted by Gasteiger charge is -2.19. The molecule has 1 rings (SSSR count). The van der Waals surface area contributed by atoms with Crippen molar-refractivity contribution in [3.63, 3.8) is 0 Å².